The second-order valence-electron chi connectivity index (χ2n) is 4.83. The maximum absolute atomic E-state index is 10.6. The van der Waals surface area contributed by atoms with Crippen molar-refractivity contribution in [3.05, 3.63) is 23.8 Å². The molecule has 0 aliphatic rings. The van der Waals surface area contributed by atoms with Crippen molar-refractivity contribution in [3.8, 4) is 11.5 Å². The Kier molecular flexibility index (Phi) is 3.69. The number of para-hydroxylation sites is 1. The Labute approximate surface area is 102 Å². The van der Waals surface area contributed by atoms with Gasteiger partial charge < -0.3 is 20.3 Å². The lowest BCUT2D eigenvalue weighted by molar-refractivity contribution is -0.0108. The van der Waals surface area contributed by atoms with E-state index in [0.717, 1.165) is 0 Å². The van der Waals surface area contributed by atoms with Gasteiger partial charge in [0.2, 0.25) is 0 Å². The van der Waals surface area contributed by atoms with E-state index >= 15 is 0 Å². The topological polar surface area (TPSA) is 64.7 Å². The number of methoxy groups -OCH3 is 2. The summed E-state index contributed by atoms with van der Waals surface area (Å²) in [6, 6.07) is 5.37. The summed E-state index contributed by atoms with van der Waals surface area (Å²) in [4.78, 5) is 0. The zero-order valence-electron chi connectivity index (χ0n) is 11.1. The molecule has 0 fully saturated rings. The van der Waals surface area contributed by atoms with E-state index in [-0.39, 0.29) is 0 Å². The van der Waals surface area contributed by atoms with Crippen LogP contribution in [0.5, 0.6) is 11.5 Å². The van der Waals surface area contributed by atoms with E-state index in [2.05, 4.69) is 0 Å². The van der Waals surface area contributed by atoms with Gasteiger partial charge in [0.1, 0.15) is 5.60 Å². The number of nitrogens with two attached hydrogens (primary N) is 1. The van der Waals surface area contributed by atoms with Crippen molar-refractivity contribution in [2.24, 2.45) is 5.73 Å². The van der Waals surface area contributed by atoms with Crippen LogP contribution >= 0.6 is 0 Å². The molecule has 0 aromatic heterocycles. The first-order valence-electron chi connectivity index (χ1n) is 5.48. The van der Waals surface area contributed by atoms with Crippen molar-refractivity contribution in [3.63, 3.8) is 0 Å². The zero-order valence-corrected chi connectivity index (χ0v) is 11.1. The summed E-state index contributed by atoms with van der Waals surface area (Å²) in [6.07, 6.45) is 0. The highest BCUT2D eigenvalue weighted by molar-refractivity contribution is 5.50. The Bertz CT molecular complexity index is 394. The van der Waals surface area contributed by atoms with E-state index in [1.807, 2.05) is 0 Å². The highest BCUT2D eigenvalue weighted by Gasteiger charge is 2.40. The number of hydrogen-bond acceptors (Lipinski definition) is 4. The lowest BCUT2D eigenvalue weighted by atomic mass is 9.79. The molecule has 3 N–H and O–H groups in total. The normalized spacial score (nSPS) is 15.2. The van der Waals surface area contributed by atoms with Crippen LogP contribution < -0.4 is 15.2 Å². The van der Waals surface area contributed by atoms with E-state index in [1.54, 1.807) is 53.2 Å². The van der Waals surface area contributed by atoms with E-state index in [0.29, 0.717) is 17.1 Å². The standard InChI is InChI=1S/C13H21NO3/c1-12(2,14)13(3,15)9-7-6-8-10(16-4)11(9)17-5/h6-8,15H,14H2,1-5H3. The Morgan fingerprint density at radius 3 is 2.12 bits per heavy atom. The Hall–Kier alpha value is -1.26. The number of aliphatic hydroxyl groups is 1. The molecular weight excluding hydrogens is 218 g/mol. The van der Waals surface area contributed by atoms with Gasteiger partial charge >= 0.3 is 0 Å². The molecule has 4 heteroatoms. The van der Waals surface area contributed by atoms with Crippen LogP contribution in [0.2, 0.25) is 0 Å². The first kappa shape index (κ1) is 13.8. The van der Waals surface area contributed by atoms with Crippen LogP contribution in [0.25, 0.3) is 0 Å². The van der Waals surface area contributed by atoms with Gasteiger partial charge in [-0.1, -0.05) is 12.1 Å². The molecule has 0 radical (unpaired) electrons. The molecule has 4 nitrogen and oxygen atoms in total. The van der Waals surface area contributed by atoms with Gasteiger partial charge in [-0.15, -0.1) is 0 Å². The highest BCUT2D eigenvalue weighted by Crippen LogP contribution is 2.41. The average molecular weight is 239 g/mol. The van der Waals surface area contributed by atoms with E-state index in [9.17, 15) is 5.11 Å². The maximum Gasteiger partial charge on any atom is 0.166 e. The lowest BCUT2D eigenvalue weighted by Crippen LogP contribution is -2.52. The third-order valence-corrected chi connectivity index (χ3v) is 3.18. The highest BCUT2D eigenvalue weighted by atomic mass is 16.5. The fourth-order valence-electron chi connectivity index (χ4n) is 1.62. The molecule has 0 saturated heterocycles. The summed E-state index contributed by atoms with van der Waals surface area (Å²) in [5.74, 6) is 1.09. The molecule has 0 aliphatic carbocycles. The molecule has 1 aromatic carbocycles. The average Bonchev–Trinajstić information content (AvgIpc) is 2.26. The molecule has 0 aliphatic heterocycles. The number of benzene rings is 1. The predicted octanol–water partition coefficient (Wildman–Crippen LogP) is 1.65. The molecule has 1 unspecified atom stereocenters. The first-order valence-corrected chi connectivity index (χ1v) is 5.48. The largest absolute Gasteiger partial charge is 0.493 e. The molecule has 17 heavy (non-hydrogen) atoms. The minimum Gasteiger partial charge on any atom is -0.493 e. The van der Waals surface area contributed by atoms with Crippen molar-refractivity contribution in [2.75, 3.05) is 14.2 Å². The van der Waals surface area contributed by atoms with Gasteiger partial charge in [-0.25, -0.2) is 0 Å². The zero-order chi connectivity index (χ0) is 13.3. The van der Waals surface area contributed by atoms with Crippen LogP contribution in [0, 0.1) is 0 Å². The van der Waals surface area contributed by atoms with Gasteiger partial charge in [0.25, 0.3) is 0 Å². The van der Waals surface area contributed by atoms with Gasteiger partial charge in [-0.2, -0.15) is 0 Å². The number of hydrogen-bond donors (Lipinski definition) is 2. The maximum atomic E-state index is 10.6. The Balaban J connectivity index is 3.41. The summed E-state index contributed by atoms with van der Waals surface area (Å²) in [5.41, 5.74) is 4.62. The van der Waals surface area contributed by atoms with Crippen molar-refractivity contribution < 1.29 is 14.6 Å². The summed E-state index contributed by atoms with van der Waals surface area (Å²) < 4.78 is 10.5. The van der Waals surface area contributed by atoms with Crippen LogP contribution in [0.15, 0.2) is 18.2 Å². The fraction of sp³-hybridized carbons (Fsp3) is 0.538. The molecule has 0 amide bonds. The number of rotatable bonds is 4. The van der Waals surface area contributed by atoms with Crippen molar-refractivity contribution in [1.29, 1.82) is 0 Å². The van der Waals surface area contributed by atoms with Crippen molar-refractivity contribution in [1.82, 2.24) is 0 Å². The molecule has 0 spiro atoms. The van der Waals surface area contributed by atoms with E-state index in [1.165, 1.54) is 0 Å². The predicted molar refractivity (Wildman–Crippen MR) is 67.4 cm³/mol. The molecule has 1 rings (SSSR count). The third-order valence-electron chi connectivity index (χ3n) is 3.18. The Morgan fingerprint density at radius 2 is 1.71 bits per heavy atom. The molecule has 1 atom stereocenters. The smallest absolute Gasteiger partial charge is 0.166 e. The fourth-order valence-corrected chi connectivity index (χ4v) is 1.62. The lowest BCUT2D eigenvalue weighted by Gasteiger charge is -2.38. The summed E-state index contributed by atoms with van der Waals surface area (Å²) in [6.45, 7) is 5.21. The van der Waals surface area contributed by atoms with Crippen LogP contribution in [0.1, 0.15) is 26.3 Å². The van der Waals surface area contributed by atoms with Gasteiger partial charge in [0, 0.05) is 11.1 Å². The Morgan fingerprint density at radius 1 is 1.12 bits per heavy atom. The quantitative estimate of drug-likeness (QED) is 0.838. The minimum atomic E-state index is -1.22. The molecule has 0 saturated carbocycles. The minimum absolute atomic E-state index is 0.513. The molecule has 0 bridgehead atoms. The monoisotopic (exact) mass is 239 g/mol. The molecule has 1 aromatic rings. The van der Waals surface area contributed by atoms with Gasteiger partial charge in [-0.3, -0.25) is 0 Å². The second-order valence-corrected chi connectivity index (χ2v) is 4.83. The van der Waals surface area contributed by atoms with E-state index < -0.39 is 11.1 Å². The number of ether oxygens (including phenoxy) is 2. The summed E-state index contributed by atoms with van der Waals surface area (Å²) in [5, 5.41) is 10.6. The van der Waals surface area contributed by atoms with Crippen LogP contribution in [-0.2, 0) is 5.60 Å². The SMILES string of the molecule is COc1cccc(C(C)(O)C(C)(C)N)c1OC. The molecule has 96 valence electrons. The van der Waals surface area contributed by atoms with Gasteiger partial charge in [-0.05, 0) is 26.8 Å². The van der Waals surface area contributed by atoms with Crippen LogP contribution in [0.3, 0.4) is 0 Å². The first-order chi connectivity index (χ1) is 7.75. The van der Waals surface area contributed by atoms with Crippen LogP contribution in [0.4, 0.5) is 0 Å². The third kappa shape index (κ3) is 2.37. The van der Waals surface area contributed by atoms with Crippen molar-refractivity contribution >= 4 is 0 Å². The van der Waals surface area contributed by atoms with Gasteiger partial charge in [0.05, 0.1) is 14.2 Å². The summed E-state index contributed by atoms with van der Waals surface area (Å²) >= 11 is 0. The molecular formula is C13H21NO3. The van der Waals surface area contributed by atoms with Gasteiger partial charge in [0.15, 0.2) is 11.5 Å². The van der Waals surface area contributed by atoms with E-state index in [4.69, 9.17) is 15.2 Å². The van der Waals surface area contributed by atoms with Crippen molar-refractivity contribution in [2.45, 2.75) is 31.9 Å². The second kappa shape index (κ2) is 4.55. The molecule has 0 heterocycles. The van der Waals surface area contributed by atoms with Crippen LogP contribution in [-0.4, -0.2) is 24.9 Å². The summed E-state index contributed by atoms with van der Waals surface area (Å²) in [7, 11) is 3.10.